The third-order valence-electron chi connectivity index (χ3n) is 5.23. The number of aromatic nitrogens is 3. The number of aliphatic hydroxyl groups is 1. The smallest absolute Gasteiger partial charge is 0.323 e. The molecule has 9 nitrogen and oxygen atoms in total. The van der Waals surface area contributed by atoms with Crippen molar-refractivity contribution in [1.29, 1.82) is 0 Å². The first-order valence-electron chi connectivity index (χ1n) is 10.0. The molecule has 9 heteroatoms. The maximum Gasteiger partial charge on any atom is 0.323 e. The van der Waals surface area contributed by atoms with Crippen molar-refractivity contribution < 1.29 is 19.7 Å². The first-order valence-corrected chi connectivity index (χ1v) is 10.0. The van der Waals surface area contributed by atoms with Gasteiger partial charge < -0.3 is 24.1 Å². The third kappa shape index (κ3) is 4.84. The summed E-state index contributed by atoms with van der Waals surface area (Å²) < 4.78 is 8.85. The molecule has 0 unspecified atom stereocenters. The lowest BCUT2D eigenvalue weighted by Gasteiger charge is -2.17. The molecule has 0 radical (unpaired) electrons. The Bertz CT molecular complexity index is 1120. The van der Waals surface area contributed by atoms with Crippen LogP contribution in [0.1, 0.15) is 18.1 Å². The second-order valence-electron chi connectivity index (χ2n) is 7.67. The number of hydrogen-bond donors (Lipinski definition) is 3. The fourth-order valence-corrected chi connectivity index (χ4v) is 3.61. The Balaban J connectivity index is 2.01. The van der Waals surface area contributed by atoms with E-state index in [4.69, 9.17) is 9.72 Å². The Hall–Kier alpha value is -3.01. The van der Waals surface area contributed by atoms with Gasteiger partial charge in [-0.3, -0.25) is 14.9 Å². The highest BCUT2D eigenvalue weighted by atomic mass is 16.5. The monoisotopic (exact) mass is 428 g/mol. The molecule has 31 heavy (non-hydrogen) atoms. The molecule has 0 bridgehead atoms. The number of ether oxygens (including phenoxy) is 1. The quantitative estimate of drug-likeness (QED) is 0.470. The predicted octanol–water partition coefficient (Wildman–Crippen LogP) is 1.28. The number of aliphatic hydroxyl groups excluding tert-OH is 1. The van der Waals surface area contributed by atoms with Gasteiger partial charge in [-0.1, -0.05) is 6.07 Å². The van der Waals surface area contributed by atoms with Gasteiger partial charge in [-0.05, 0) is 37.6 Å². The zero-order chi connectivity index (χ0) is 22.7. The van der Waals surface area contributed by atoms with Crippen molar-refractivity contribution in [3.8, 4) is 11.4 Å². The molecule has 2 aromatic heterocycles. The summed E-state index contributed by atoms with van der Waals surface area (Å²) in [5.41, 5.74) is 3.91. The van der Waals surface area contributed by atoms with E-state index < -0.39 is 18.1 Å². The molecule has 0 aliphatic carbocycles. The van der Waals surface area contributed by atoms with Crippen molar-refractivity contribution in [2.45, 2.75) is 39.1 Å². The van der Waals surface area contributed by atoms with Gasteiger partial charge in [-0.25, -0.2) is 4.98 Å². The van der Waals surface area contributed by atoms with Gasteiger partial charge in [-0.15, -0.1) is 0 Å². The summed E-state index contributed by atoms with van der Waals surface area (Å²) in [6, 6.07) is 6.50. The van der Waals surface area contributed by atoms with E-state index in [1.165, 1.54) is 6.92 Å². The molecule has 0 fully saturated rings. The minimum Gasteiger partial charge on any atom is -0.480 e. The van der Waals surface area contributed by atoms with E-state index in [2.05, 4.69) is 5.32 Å². The summed E-state index contributed by atoms with van der Waals surface area (Å²) in [6.45, 7) is 4.58. The van der Waals surface area contributed by atoms with Gasteiger partial charge in [0.1, 0.15) is 11.9 Å². The third-order valence-corrected chi connectivity index (χ3v) is 5.23. The van der Waals surface area contributed by atoms with Crippen LogP contribution in [0.5, 0.6) is 0 Å². The van der Waals surface area contributed by atoms with Crippen LogP contribution in [0.3, 0.4) is 0 Å². The van der Waals surface area contributed by atoms with Crippen molar-refractivity contribution in [3.63, 3.8) is 0 Å². The van der Waals surface area contributed by atoms with Crippen LogP contribution in [0.4, 0.5) is 0 Å². The Morgan fingerprint density at radius 1 is 1.32 bits per heavy atom. The number of aliphatic carboxylic acids is 1. The van der Waals surface area contributed by atoms with Crippen LogP contribution in [0.15, 0.2) is 35.3 Å². The van der Waals surface area contributed by atoms with E-state index in [-0.39, 0.29) is 12.1 Å². The number of rotatable bonds is 9. The number of carboxylic acid groups (broad SMARTS) is 1. The van der Waals surface area contributed by atoms with Gasteiger partial charge in [0.2, 0.25) is 0 Å². The lowest BCUT2D eigenvalue weighted by Crippen LogP contribution is -2.44. The van der Waals surface area contributed by atoms with Gasteiger partial charge in [0.15, 0.2) is 0 Å². The number of imidazole rings is 1. The Morgan fingerprint density at radius 3 is 2.68 bits per heavy atom. The summed E-state index contributed by atoms with van der Waals surface area (Å²) in [6.07, 6.45) is 0.747. The lowest BCUT2D eigenvalue weighted by atomic mass is 10.1. The van der Waals surface area contributed by atoms with Crippen molar-refractivity contribution in [3.05, 3.63) is 51.9 Å². The summed E-state index contributed by atoms with van der Waals surface area (Å²) in [7, 11) is 3.35. The normalized spacial score (nSPS) is 13.5. The minimum absolute atomic E-state index is 0.0530. The van der Waals surface area contributed by atoms with Gasteiger partial charge >= 0.3 is 5.97 Å². The molecular formula is C22H28N4O5. The first kappa shape index (κ1) is 22.7. The molecule has 2 atom stereocenters. The van der Waals surface area contributed by atoms with Crippen molar-refractivity contribution in [1.82, 2.24) is 19.4 Å². The summed E-state index contributed by atoms with van der Waals surface area (Å²) in [5.74, 6) is -0.379. The first-order chi connectivity index (χ1) is 14.7. The highest BCUT2D eigenvalue weighted by molar-refractivity contribution is 5.81. The fourth-order valence-electron chi connectivity index (χ4n) is 3.61. The van der Waals surface area contributed by atoms with E-state index in [0.29, 0.717) is 18.7 Å². The van der Waals surface area contributed by atoms with Crippen LogP contribution in [-0.2, 0) is 29.7 Å². The summed E-state index contributed by atoms with van der Waals surface area (Å²) in [5, 5.41) is 21.7. The second-order valence-corrected chi connectivity index (χ2v) is 7.67. The number of aryl methyl sites for hydroxylation is 2. The largest absolute Gasteiger partial charge is 0.480 e. The molecule has 0 spiro atoms. The van der Waals surface area contributed by atoms with E-state index in [1.807, 2.05) is 28.8 Å². The SMILES string of the molecule is COCCn1c(-c2cc(C)c(=O)n(C)c2)nc2cc(CN[C@H](C(=O)O)[C@@H](C)O)ccc21. The van der Waals surface area contributed by atoms with Crippen LogP contribution in [0.25, 0.3) is 22.4 Å². The van der Waals surface area contributed by atoms with E-state index in [0.717, 1.165) is 28.0 Å². The van der Waals surface area contributed by atoms with Crippen molar-refractivity contribution >= 4 is 17.0 Å². The number of hydrogen-bond acceptors (Lipinski definition) is 6. The number of nitrogens with zero attached hydrogens (tertiary/aromatic N) is 3. The average Bonchev–Trinajstić information content (AvgIpc) is 3.07. The van der Waals surface area contributed by atoms with E-state index in [1.54, 1.807) is 31.8 Å². The Kier molecular flexibility index (Phi) is 6.89. The highest BCUT2D eigenvalue weighted by Gasteiger charge is 2.22. The molecule has 3 rings (SSSR count). The molecule has 2 heterocycles. The maximum absolute atomic E-state index is 12.1. The number of carbonyl (C=O) groups is 1. The molecule has 0 aliphatic heterocycles. The number of nitrogens with one attached hydrogen (secondary N) is 1. The number of methoxy groups -OCH3 is 1. The second kappa shape index (κ2) is 9.42. The average molecular weight is 428 g/mol. The standard InChI is InChI=1S/C22H28N4O5/c1-13-9-16(12-25(3)21(13)28)20-24-17-10-15(11-23-19(14(2)27)22(29)30)5-6-18(17)26(20)7-8-31-4/h5-6,9-10,12,14,19,23,27H,7-8,11H2,1-4H3,(H,29,30)/t14-,19+/m1/s1. The van der Waals surface area contributed by atoms with E-state index in [9.17, 15) is 19.8 Å². The van der Waals surface area contributed by atoms with E-state index >= 15 is 0 Å². The molecule has 3 N–H and O–H groups in total. The molecule has 3 aromatic rings. The van der Waals surface area contributed by atoms with Gasteiger partial charge in [0, 0.05) is 44.6 Å². The molecule has 1 aromatic carbocycles. The van der Waals surface area contributed by atoms with Crippen LogP contribution < -0.4 is 10.9 Å². The molecule has 0 saturated heterocycles. The van der Waals surface area contributed by atoms with Crippen molar-refractivity contribution in [2.75, 3.05) is 13.7 Å². The Morgan fingerprint density at radius 2 is 2.06 bits per heavy atom. The molecular weight excluding hydrogens is 400 g/mol. The molecule has 0 saturated carbocycles. The van der Waals surface area contributed by atoms with Gasteiger partial charge in [0.25, 0.3) is 5.56 Å². The highest BCUT2D eigenvalue weighted by Crippen LogP contribution is 2.26. The van der Waals surface area contributed by atoms with Crippen LogP contribution in [-0.4, -0.2) is 56.2 Å². The number of pyridine rings is 1. The van der Waals surface area contributed by atoms with Crippen LogP contribution in [0, 0.1) is 6.92 Å². The van der Waals surface area contributed by atoms with Gasteiger partial charge in [0.05, 0.1) is 23.7 Å². The topological polar surface area (TPSA) is 119 Å². The van der Waals surface area contributed by atoms with Gasteiger partial charge in [-0.2, -0.15) is 0 Å². The maximum atomic E-state index is 12.1. The molecule has 0 amide bonds. The number of benzene rings is 1. The van der Waals surface area contributed by atoms with Crippen LogP contribution >= 0.6 is 0 Å². The van der Waals surface area contributed by atoms with Crippen molar-refractivity contribution in [2.24, 2.45) is 7.05 Å². The summed E-state index contributed by atoms with van der Waals surface area (Å²) >= 11 is 0. The molecule has 0 aliphatic rings. The zero-order valence-electron chi connectivity index (χ0n) is 18.1. The summed E-state index contributed by atoms with van der Waals surface area (Å²) in [4.78, 5) is 28.2. The van der Waals surface area contributed by atoms with Crippen LogP contribution in [0.2, 0.25) is 0 Å². The minimum atomic E-state index is -1.10. The fraction of sp³-hybridized carbons (Fsp3) is 0.409. The molecule has 166 valence electrons. The zero-order valence-corrected chi connectivity index (χ0v) is 18.1. The lowest BCUT2D eigenvalue weighted by molar-refractivity contribution is -0.142. The Labute approximate surface area is 179 Å². The predicted molar refractivity (Wildman–Crippen MR) is 117 cm³/mol. The number of carboxylic acids is 1. The number of fused-ring (bicyclic) bond motifs is 1.